The number of carboxylic acids is 1. The highest BCUT2D eigenvalue weighted by Crippen LogP contribution is 2.23. The highest BCUT2D eigenvalue weighted by atomic mass is 35.5. The van der Waals surface area contributed by atoms with E-state index in [2.05, 4.69) is 9.97 Å². The molecule has 5 nitrogen and oxygen atoms in total. The lowest BCUT2D eigenvalue weighted by molar-refractivity contribution is 0.0696. The minimum absolute atomic E-state index is 0.161. The zero-order valence-electron chi connectivity index (χ0n) is 11.1. The zero-order chi connectivity index (χ0) is 15.4. The van der Waals surface area contributed by atoms with Gasteiger partial charge in [-0.2, -0.15) is 0 Å². The van der Waals surface area contributed by atoms with Crippen LogP contribution in [0.2, 0.25) is 5.15 Å². The predicted octanol–water partition coefficient (Wildman–Crippen LogP) is 3.17. The molecular weight excluding hydrogens is 299 g/mol. The molecular formula is C14H12ClFN2O3. The van der Waals surface area contributed by atoms with Crippen LogP contribution in [0.1, 0.15) is 23.1 Å². The molecule has 7 heteroatoms. The normalized spacial score (nSPS) is 10.6. The Morgan fingerprint density at radius 2 is 2.10 bits per heavy atom. The van der Waals surface area contributed by atoms with Crippen molar-refractivity contribution in [3.63, 3.8) is 0 Å². The van der Waals surface area contributed by atoms with Gasteiger partial charge in [0.15, 0.2) is 5.82 Å². The predicted molar refractivity (Wildman–Crippen MR) is 74.7 cm³/mol. The van der Waals surface area contributed by atoms with Gasteiger partial charge in [-0.15, -0.1) is 0 Å². The fourth-order valence-corrected chi connectivity index (χ4v) is 1.93. The molecule has 0 aliphatic carbocycles. The van der Waals surface area contributed by atoms with E-state index in [1.807, 2.05) is 6.92 Å². The molecule has 2 aromatic rings. The van der Waals surface area contributed by atoms with Crippen LogP contribution >= 0.6 is 11.6 Å². The van der Waals surface area contributed by atoms with Gasteiger partial charge in [0, 0.05) is 18.2 Å². The van der Waals surface area contributed by atoms with Crippen molar-refractivity contribution in [3.05, 3.63) is 46.6 Å². The minimum Gasteiger partial charge on any atom is -0.478 e. The van der Waals surface area contributed by atoms with Crippen LogP contribution in [-0.4, -0.2) is 27.7 Å². The maximum Gasteiger partial charge on any atom is 0.335 e. The number of rotatable bonds is 5. The largest absolute Gasteiger partial charge is 0.478 e. The van der Waals surface area contributed by atoms with Crippen molar-refractivity contribution in [2.75, 3.05) is 6.61 Å². The number of hydrogen-bond donors (Lipinski definition) is 1. The third-order valence-corrected chi connectivity index (χ3v) is 2.81. The second kappa shape index (κ2) is 6.60. The molecule has 2 rings (SSSR count). The minimum atomic E-state index is -1.22. The van der Waals surface area contributed by atoms with Crippen molar-refractivity contribution in [1.82, 2.24) is 9.97 Å². The fourth-order valence-electron chi connectivity index (χ4n) is 1.73. The summed E-state index contributed by atoms with van der Waals surface area (Å²) in [5.74, 6) is -1.53. The lowest BCUT2D eigenvalue weighted by Crippen LogP contribution is -2.02. The van der Waals surface area contributed by atoms with E-state index in [1.54, 1.807) is 0 Å². The Morgan fingerprint density at radius 1 is 1.33 bits per heavy atom. The first-order valence-corrected chi connectivity index (χ1v) is 6.53. The molecule has 1 aromatic heterocycles. The molecule has 0 aliphatic heterocycles. The van der Waals surface area contributed by atoms with Gasteiger partial charge in [0.25, 0.3) is 0 Å². The molecule has 21 heavy (non-hydrogen) atoms. The molecule has 0 fully saturated rings. The van der Waals surface area contributed by atoms with E-state index in [0.29, 0.717) is 23.7 Å². The first-order valence-electron chi connectivity index (χ1n) is 6.15. The van der Waals surface area contributed by atoms with E-state index in [9.17, 15) is 9.18 Å². The number of nitrogens with zero attached hydrogens (tertiary/aromatic N) is 2. The van der Waals surface area contributed by atoms with Gasteiger partial charge in [-0.25, -0.2) is 19.2 Å². The Labute approximate surface area is 125 Å². The molecule has 0 bridgehead atoms. The number of benzene rings is 1. The van der Waals surface area contributed by atoms with Crippen molar-refractivity contribution in [3.8, 4) is 11.3 Å². The van der Waals surface area contributed by atoms with Crippen LogP contribution in [0.5, 0.6) is 0 Å². The number of ether oxygens (including phenoxy) is 1. The summed E-state index contributed by atoms with van der Waals surface area (Å²) in [6, 6.07) is 4.90. The smallest absolute Gasteiger partial charge is 0.335 e. The van der Waals surface area contributed by atoms with Crippen LogP contribution < -0.4 is 0 Å². The summed E-state index contributed by atoms with van der Waals surface area (Å²) in [5.41, 5.74) is 0.493. The zero-order valence-corrected chi connectivity index (χ0v) is 11.9. The molecule has 1 N–H and O–H groups in total. The van der Waals surface area contributed by atoms with Gasteiger partial charge in [0.05, 0.1) is 11.3 Å². The van der Waals surface area contributed by atoms with Crippen molar-refractivity contribution < 1.29 is 19.0 Å². The average Bonchev–Trinajstić information content (AvgIpc) is 2.43. The van der Waals surface area contributed by atoms with E-state index in [4.69, 9.17) is 21.4 Å². The first-order chi connectivity index (χ1) is 9.99. The molecule has 0 spiro atoms. The second-order valence-electron chi connectivity index (χ2n) is 4.16. The summed E-state index contributed by atoms with van der Waals surface area (Å²) in [5, 5.41) is 9.14. The maximum atomic E-state index is 13.5. The number of halogens is 2. The maximum absolute atomic E-state index is 13.5. The first kappa shape index (κ1) is 15.3. The highest BCUT2D eigenvalue weighted by Gasteiger charge is 2.11. The molecule has 0 amide bonds. The molecule has 0 unspecified atom stereocenters. The summed E-state index contributed by atoms with van der Waals surface area (Å²) >= 11 is 5.90. The quantitative estimate of drug-likeness (QED) is 0.859. The Hall–Kier alpha value is -2.05. The third kappa shape index (κ3) is 3.96. The standard InChI is InChI=1S/C14H12ClFN2O3/c1-2-21-7-13-17-11(6-12(15)18-13)8-3-9(14(19)20)5-10(16)4-8/h3-6H,2,7H2,1H3,(H,19,20). The van der Waals surface area contributed by atoms with Gasteiger partial charge in [-0.3, -0.25) is 0 Å². The topological polar surface area (TPSA) is 72.3 Å². The number of carbonyl (C=O) groups is 1. The lowest BCUT2D eigenvalue weighted by Gasteiger charge is -2.07. The van der Waals surface area contributed by atoms with E-state index in [0.717, 1.165) is 6.07 Å². The van der Waals surface area contributed by atoms with Gasteiger partial charge >= 0.3 is 5.97 Å². The van der Waals surface area contributed by atoms with Crippen molar-refractivity contribution in [1.29, 1.82) is 0 Å². The Bertz CT molecular complexity index is 679. The van der Waals surface area contributed by atoms with Crippen LogP contribution in [0.4, 0.5) is 4.39 Å². The van der Waals surface area contributed by atoms with Crippen LogP contribution in [0, 0.1) is 5.82 Å². The van der Waals surface area contributed by atoms with E-state index in [1.165, 1.54) is 18.2 Å². The molecule has 0 atom stereocenters. The molecule has 0 radical (unpaired) electrons. The Kier molecular flexibility index (Phi) is 4.82. The molecule has 110 valence electrons. The number of carboxylic acid groups (broad SMARTS) is 1. The lowest BCUT2D eigenvalue weighted by atomic mass is 10.1. The molecule has 0 saturated carbocycles. The number of aromatic nitrogens is 2. The summed E-state index contributed by atoms with van der Waals surface area (Å²) in [7, 11) is 0. The number of hydrogen-bond acceptors (Lipinski definition) is 4. The fraction of sp³-hybridized carbons (Fsp3) is 0.214. The van der Waals surface area contributed by atoms with E-state index in [-0.39, 0.29) is 17.3 Å². The van der Waals surface area contributed by atoms with Crippen LogP contribution in [0.3, 0.4) is 0 Å². The molecule has 0 saturated heterocycles. The Balaban J connectivity index is 2.45. The summed E-state index contributed by atoms with van der Waals surface area (Å²) < 4.78 is 18.7. The summed E-state index contributed by atoms with van der Waals surface area (Å²) in [6.07, 6.45) is 0. The molecule has 1 heterocycles. The second-order valence-corrected chi connectivity index (χ2v) is 4.55. The van der Waals surface area contributed by atoms with Crippen LogP contribution in [0.15, 0.2) is 24.3 Å². The van der Waals surface area contributed by atoms with Crippen molar-refractivity contribution in [2.45, 2.75) is 13.5 Å². The molecule has 1 aromatic carbocycles. The van der Waals surface area contributed by atoms with E-state index < -0.39 is 11.8 Å². The van der Waals surface area contributed by atoms with Crippen molar-refractivity contribution >= 4 is 17.6 Å². The Morgan fingerprint density at radius 3 is 2.76 bits per heavy atom. The summed E-state index contributed by atoms with van der Waals surface area (Å²) in [6.45, 7) is 2.50. The average molecular weight is 311 g/mol. The number of aromatic carboxylic acids is 1. The highest BCUT2D eigenvalue weighted by molar-refractivity contribution is 6.29. The van der Waals surface area contributed by atoms with Gasteiger partial charge < -0.3 is 9.84 Å². The molecule has 0 aliphatic rings. The summed E-state index contributed by atoms with van der Waals surface area (Å²) in [4.78, 5) is 19.2. The van der Waals surface area contributed by atoms with Gasteiger partial charge in [0.1, 0.15) is 17.6 Å². The van der Waals surface area contributed by atoms with E-state index >= 15 is 0 Å². The van der Waals surface area contributed by atoms with Crippen molar-refractivity contribution in [2.24, 2.45) is 0 Å². The van der Waals surface area contributed by atoms with Gasteiger partial charge in [-0.05, 0) is 25.1 Å². The van der Waals surface area contributed by atoms with Gasteiger partial charge in [-0.1, -0.05) is 11.6 Å². The van der Waals surface area contributed by atoms with Crippen LogP contribution in [-0.2, 0) is 11.3 Å². The van der Waals surface area contributed by atoms with Crippen LogP contribution in [0.25, 0.3) is 11.3 Å². The SMILES string of the molecule is CCOCc1nc(Cl)cc(-c2cc(F)cc(C(=O)O)c2)n1. The third-order valence-electron chi connectivity index (χ3n) is 2.62. The van der Waals surface area contributed by atoms with Gasteiger partial charge in [0.2, 0.25) is 0 Å². The monoisotopic (exact) mass is 310 g/mol.